The Kier molecular flexibility index (Phi) is 6.37. The number of carbonyl (C=O) groups is 1. The second kappa shape index (κ2) is 8.79. The number of thioether (sulfide) groups is 2. The van der Waals surface area contributed by atoms with Crippen LogP contribution >= 0.6 is 34.9 Å². The molecule has 0 saturated carbocycles. The monoisotopic (exact) mass is 454 g/mol. The third kappa shape index (κ3) is 4.43. The van der Waals surface area contributed by atoms with Gasteiger partial charge in [-0.15, -0.1) is 34.9 Å². The summed E-state index contributed by atoms with van der Waals surface area (Å²) in [5.74, 6) is 1.88. The number of amides is 1. The van der Waals surface area contributed by atoms with Crippen molar-refractivity contribution in [1.82, 2.24) is 4.31 Å². The highest BCUT2D eigenvalue weighted by molar-refractivity contribution is 8.19. The first kappa shape index (κ1) is 20.3. The molecular weight excluding hydrogens is 432 g/mol. The number of nitrogens with zero attached hydrogens (tertiary/aromatic N) is 1. The number of rotatable bonds is 5. The van der Waals surface area contributed by atoms with E-state index in [4.69, 9.17) is 0 Å². The number of thiophene rings is 1. The van der Waals surface area contributed by atoms with Crippen molar-refractivity contribution in [2.24, 2.45) is 5.92 Å². The van der Waals surface area contributed by atoms with E-state index in [0.29, 0.717) is 28.2 Å². The highest BCUT2D eigenvalue weighted by Crippen LogP contribution is 2.45. The van der Waals surface area contributed by atoms with Crippen LogP contribution in [0.3, 0.4) is 0 Å². The van der Waals surface area contributed by atoms with Crippen LogP contribution in [-0.4, -0.2) is 43.2 Å². The molecule has 2 aromatic rings. The minimum absolute atomic E-state index is 0.102. The normalized spacial score (nSPS) is 21.6. The Morgan fingerprint density at radius 2 is 1.96 bits per heavy atom. The summed E-state index contributed by atoms with van der Waals surface area (Å²) in [7, 11) is -3.51. The van der Waals surface area contributed by atoms with Gasteiger partial charge in [0.1, 0.15) is 4.21 Å². The van der Waals surface area contributed by atoms with Crippen molar-refractivity contribution in [2.75, 3.05) is 29.9 Å². The van der Waals surface area contributed by atoms with Gasteiger partial charge in [-0.3, -0.25) is 4.79 Å². The number of benzene rings is 1. The molecule has 2 fully saturated rings. The van der Waals surface area contributed by atoms with Crippen LogP contribution in [0.15, 0.2) is 46.0 Å². The Hall–Kier alpha value is -1.00. The molecule has 1 aromatic carbocycles. The van der Waals surface area contributed by atoms with Crippen molar-refractivity contribution in [1.29, 1.82) is 0 Å². The maximum Gasteiger partial charge on any atom is 0.252 e. The predicted molar refractivity (Wildman–Crippen MR) is 119 cm³/mol. The summed E-state index contributed by atoms with van der Waals surface area (Å²) < 4.78 is 27.8. The molecule has 1 atom stereocenters. The summed E-state index contributed by atoms with van der Waals surface area (Å²) >= 11 is 5.08. The van der Waals surface area contributed by atoms with Crippen LogP contribution in [0.25, 0.3) is 0 Å². The second-order valence-corrected chi connectivity index (χ2v) is 12.7. The van der Waals surface area contributed by atoms with Crippen molar-refractivity contribution in [3.63, 3.8) is 0 Å². The molecule has 9 heteroatoms. The average molecular weight is 455 g/mol. The maximum atomic E-state index is 12.8. The zero-order valence-corrected chi connectivity index (χ0v) is 18.5. The Morgan fingerprint density at radius 1 is 1.14 bits per heavy atom. The van der Waals surface area contributed by atoms with E-state index in [9.17, 15) is 13.2 Å². The first-order valence-electron chi connectivity index (χ1n) is 9.22. The number of sulfonamides is 1. The minimum atomic E-state index is -3.51. The summed E-state index contributed by atoms with van der Waals surface area (Å²) in [5.41, 5.74) is 2.00. The standard InChI is InChI=1S/C19H22N2O3S4/c22-18(20-16-6-1-4-14(12-16)19-26-10-11-27-19)15-5-2-8-21(13-15)28(23,24)17-7-3-9-25-17/h1,3-4,6-7,9,12,15,19H,2,5,8,10-11,13H2,(H,20,22). The maximum absolute atomic E-state index is 12.8. The number of hydrogen-bond acceptors (Lipinski definition) is 6. The van der Waals surface area contributed by atoms with Gasteiger partial charge in [-0.05, 0) is 42.0 Å². The number of hydrogen-bond donors (Lipinski definition) is 1. The van der Waals surface area contributed by atoms with Gasteiger partial charge in [-0.25, -0.2) is 8.42 Å². The molecule has 1 aromatic heterocycles. The lowest BCUT2D eigenvalue weighted by Crippen LogP contribution is -2.43. The van der Waals surface area contributed by atoms with Gasteiger partial charge in [0.25, 0.3) is 10.0 Å². The van der Waals surface area contributed by atoms with Crippen LogP contribution in [0.2, 0.25) is 0 Å². The fourth-order valence-corrected chi connectivity index (χ4v) is 8.98. The molecule has 2 saturated heterocycles. The Bertz CT molecular complexity index is 924. The van der Waals surface area contributed by atoms with E-state index in [-0.39, 0.29) is 18.4 Å². The van der Waals surface area contributed by atoms with Gasteiger partial charge >= 0.3 is 0 Å². The third-order valence-corrected chi connectivity index (χ3v) is 11.2. The van der Waals surface area contributed by atoms with Crippen molar-refractivity contribution in [3.8, 4) is 0 Å². The first-order chi connectivity index (χ1) is 13.5. The topological polar surface area (TPSA) is 66.5 Å². The van der Waals surface area contributed by atoms with E-state index in [1.807, 2.05) is 41.7 Å². The van der Waals surface area contributed by atoms with Crippen LogP contribution in [-0.2, 0) is 14.8 Å². The van der Waals surface area contributed by atoms with Gasteiger partial charge in [-0.1, -0.05) is 18.2 Å². The molecule has 0 spiro atoms. The summed E-state index contributed by atoms with van der Waals surface area (Å²) in [6, 6.07) is 11.4. The lowest BCUT2D eigenvalue weighted by atomic mass is 9.98. The zero-order chi connectivity index (χ0) is 19.6. The Labute approximate surface area is 178 Å². The van der Waals surface area contributed by atoms with Crippen LogP contribution in [0.5, 0.6) is 0 Å². The molecule has 1 N–H and O–H groups in total. The van der Waals surface area contributed by atoms with Gasteiger partial charge in [0, 0.05) is 30.3 Å². The quantitative estimate of drug-likeness (QED) is 0.731. The first-order valence-corrected chi connectivity index (χ1v) is 13.6. The average Bonchev–Trinajstić information content (AvgIpc) is 3.42. The molecule has 2 aliphatic heterocycles. The Balaban J connectivity index is 1.43. The number of anilines is 1. The minimum Gasteiger partial charge on any atom is -0.326 e. The van der Waals surface area contributed by atoms with Crippen molar-refractivity contribution in [3.05, 3.63) is 47.3 Å². The molecule has 0 radical (unpaired) electrons. The smallest absolute Gasteiger partial charge is 0.252 e. The van der Waals surface area contributed by atoms with E-state index in [0.717, 1.165) is 17.2 Å². The fraction of sp³-hybridized carbons (Fsp3) is 0.421. The lowest BCUT2D eigenvalue weighted by Gasteiger charge is -2.30. The van der Waals surface area contributed by atoms with E-state index < -0.39 is 10.0 Å². The van der Waals surface area contributed by atoms with E-state index >= 15 is 0 Å². The molecule has 0 aliphatic carbocycles. The molecule has 3 heterocycles. The van der Waals surface area contributed by atoms with Crippen molar-refractivity contribution in [2.45, 2.75) is 21.6 Å². The second-order valence-electron chi connectivity index (χ2n) is 6.82. The summed E-state index contributed by atoms with van der Waals surface area (Å²) in [4.78, 5) is 12.8. The van der Waals surface area contributed by atoms with Gasteiger partial charge in [0.15, 0.2) is 0 Å². The number of carbonyl (C=O) groups excluding carboxylic acids is 1. The molecular formula is C19H22N2O3S4. The van der Waals surface area contributed by atoms with Crippen LogP contribution in [0.1, 0.15) is 23.0 Å². The zero-order valence-electron chi connectivity index (χ0n) is 15.2. The fourth-order valence-electron chi connectivity index (χ4n) is 3.47. The molecule has 28 heavy (non-hydrogen) atoms. The summed E-state index contributed by atoms with van der Waals surface area (Å²) in [5, 5.41) is 4.76. The van der Waals surface area contributed by atoms with Crippen molar-refractivity contribution < 1.29 is 13.2 Å². The van der Waals surface area contributed by atoms with E-state index in [1.165, 1.54) is 21.2 Å². The highest BCUT2D eigenvalue weighted by atomic mass is 32.2. The SMILES string of the molecule is O=C(Nc1cccc(C2SCCS2)c1)C1CCCN(S(=O)(=O)c2cccs2)C1. The van der Waals surface area contributed by atoms with Gasteiger partial charge in [0.05, 0.1) is 10.5 Å². The third-order valence-electron chi connectivity index (χ3n) is 4.89. The summed E-state index contributed by atoms with van der Waals surface area (Å²) in [6.45, 7) is 0.704. The molecule has 5 nitrogen and oxygen atoms in total. The lowest BCUT2D eigenvalue weighted by molar-refractivity contribution is -0.120. The molecule has 2 aliphatic rings. The molecule has 150 valence electrons. The Morgan fingerprint density at radius 3 is 2.71 bits per heavy atom. The van der Waals surface area contributed by atoms with Crippen LogP contribution in [0, 0.1) is 5.92 Å². The van der Waals surface area contributed by atoms with E-state index in [1.54, 1.807) is 17.5 Å². The molecule has 1 amide bonds. The van der Waals surface area contributed by atoms with Crippen LogP contribution < -0.4 is 5.32 Å². The number of piperidine rings is 1. The number of nitrogens with one attached hydrogen (secondary N) is 1. The summed E-state index contributed by atoms with van der Waals surface area (Å²) in [6.07, 6.45) is 1.40. The van der Waals surface area contributed by atoms with E-state index in [2.05, 4.69) is 11.4 Å². The van der Waals surface area contributed by atoms with Crippen LogP contribution in [0.4, 0.5) is 5.69 Å². The molecule has 4 rings (SSSR count). The highest BCUT2D eigenvalue weighted by Gasteiger charge is 2.33. The molecule has 0 bridgehead atoms. The van der Waals surface area contributed by atoms with Crippen molar-refractivity contribution >= 4 is 56.5 Å². The van der Waals surface area contributed by atoms with Gasteiger partial charge in [-0.2, -0.15) is 4.31 Å². The predicted octanol–water partition coefficient (Wildman–Crippen LogP) is 4.27. The van der Waals surface area contributed by atoms with Gasteiger partial charge < -0.3 is 5.32 Å². The largest absolute Gasteiger partial charge is 0.326 e. The molecule has 1 unspecified atom stereocenters. The van der Waals surface area contributed by atoms with Gasteiger partial charge in [0.2, 0.25) is 5.91 Å².